The Balaban J connectivity index is 1.86. The molecule has 6 rings (SSSR count). The zero-order chi connectivity index (χ0) is 18.7. The molecular weight excluding hydrogens is 384 g/mol. The molecule has 4 aromatic rings. The summed E-state index contributed by atoms with van der Waals surface area (Å²) < 4.78 is 6.33. The van der Waals surface area contributed by atoms with E-state index in [2.05, 4.69) is 66.7 Å². The third-order valence-corrected chi connectivity index (χ3v) is 7.13. The van der Waals surface area contributed by atoms with Crippen molar-refractivity contribution in [3.63, 3.8) is 0 Å². The summed E-state index contributed by atoms with van der Waals surface area (Å²) in [6.07, 6.45) is 0. The van der Waals surface area contributed by atoms with Crippen LogP contribution in [0.25, 0.3) is 0 Å². The Bertz CT molecular complexity index is 1180. The molecule has 0 N–H and O–H groups in total. The van der Waals surface area contributed by atoms with Crippen LogP contribution in [0.1, 0.15) is 22.3 Å². The number of para-hydroxylation sites is 2. The van der Waals surface area contributed by atoms with Gasteiger partial charge in [0.25, 0.3) is 0 Å². The van der Waals surface area contributed by atoms with Crippen LogP contribution in [-0.2, 0) is 5.41 Å². The van der Waals surface area contributed by atoms with Crippen molar-refractivity contribution in [1.82, 2.24) is 0 Å². The Hall–Kier alpha value is -2.68. The molecule has 2 heterocycles. The lowest BCUT2D eigenvalue weighted by molar-refractivity contribution is 0.431. The molecule has 28 heavy (non-hydrogen) atoms. The van der Waals surface area contributed by atoms with Gasteiger partial charge in [-0.25, -0.2) is 0 Å². The van der Waals surface area contributed by atoms with Crippen LogP contribution in [0.15, 0.2) is 101 Å². The van der Waals surface area contributed by atoms with E-state index in [1.54, 1.807) is 0 Å². The third kappa shape index (κ3) is 1.99. The summed E-state index contributed by atoms with van der Waals surface area (Å²) >= 11 is 8.46. The summed E-state index contributed by atoms with van der Waals surface area (Å²) in [4.78, 5) is 2.53. The van der Waals surface area contributed by atoms with Crippen LogP contribution >= 0.6 is 23.4 Å². The van der Waals surface area contributed by atoms with E-state index < -0.39 is 5.41 Å². The van der Waals surface area contributed by atoms with Crippen molar-refractivity contribution in [1.29, 1.82) is 0 Å². The second-order valence-corrected chi connectivity index (χ2v) is 8.55. The fraction of sp³-hybridized carbons (Fsp3) is 0.0400. The van der Waals surface area contributed by atoms with Crippen LogP contribution < -0.4 is 4.74 Å². The topological polar surface area (TPSA) is 9.23 Å². The Labute approximate surface area is 172 Å². The van der Waals surface area contributed by atoms with Gasteiger partial charge in [-0.05, 0) is 35.4 Å². The molecule has 0 saturated carbocycles. The largest absolute Gasteiger partial charge is 0.455 e. The lowest BCUT2D eigenvalue weighted by Crippen LogP contribution is -2.36. The van der Waals surface area contributed by atoms with E-state index in [0.29, 0.717) is 5.02 Å². The molecule has 2 aliphatic rings. The lowest BCUT2D eigenvalue weighted by atomic mass is 9.63. The molecule has 0 saturated heterocycles. The predicted molar refractivity (Wildman–Crippen MR) is 114 cm³/mol. The second kappa shape index (κ2) is 5.91. The van der Waals surface area contributed by atoms with Crippen molar-refractivity contribution < 1.29 is 4.74 Å². The fourth-order valence-corrected chi connectivity index (χ4v) is 6.01. The summed E-state index contributed by atoms with van der Waals surface area (Å²) in [6.45, 7) is 0. The summed E-state index contributed by atoms with van der Waals surface area (Å²) in [5, 5.41) is 0.638. The highest BCUT2D eigenvalue weighted by Gasteiger charge is 2.49. The Morgan fingerprint density at radius 1 is 0.607 bits per heavy atom. The number of benzene rings is 4. The van der Waals surface area contributed by atoms with Crippen molar-refractivity contribution in [2.24, 2.45) is 0 Å². The van der Waals surface area contributed by atoms with Crippen LogP contribution in [0.5, 0.6) is 11.5 Å². The van der Waals surface area contributed by atoms with Crippen LogP contribution in [0.4, 0.5) is 0 Å². The first-order valence-corrected chi connectivity index (χ1v) is 10.4. The predicted octanol–water partition coefficient (Wildman–Crippen LogP) is 7.29. The maximum atomic E-state index is 6.64. The minimum Gasteiger partial charge on any atom is -0.455 e. The molecule has 0 radical (unpaired) electrons. The quantitative estimate of drug-likeness (QED) is 0.265. The van der Waals surface area contributed by atoms with Gasteiger partial charge in [0.1, 0.15) is 5.75 Å². The molecule has 1 nitrogen and oxygen atoms in total. The summed E-state index contributed by atoms with van der Waals surface area (Å²) in [7, 11) is 0. The molecule has 0 fully saturated rings. The lowest BCUT2D eigenvalue weighted by Gasteiger charge is -2.45. The monoisotopic (exact) mass is 398 g/mol. The molecule has 1 spiro atoms. The first-order chi connectivity index (χ1) is 13.8. The van der Waals surface area contributed by atoms with Crippen LogP contribution in [0.2, 0.25) is 5.02 Å². The molecular formula is C25H15ClOS. The number of hydrogen-bond acceptors (Lipinski definition) is 2. The molecule has 3 heteroatoms. The molecule has 0 aromatic heterocycles. The smallest absolute Gasteiger partial charge is 0.150 e. The maximum absolute atomic E-state index is 6.64. The highest BCUT2D eigenvalue weighted by atomic mass is 35.5. The SMILES string of the molecule is Clc1cccc2c1Oc1ccccc1C21c2ccccc2Sc2ccccc21. The van der Waals surface area contributed by atoms with Crippen molar-refractivity contribution in [3.8, 4) is 11.5 Å². The minimum atomic E-state index is -0.451. The van der Waals surface area contributed by atoms with E-state index in [-0.39, 0.29) is 0 Å². The number of rotatable bonds is 0. The van der Waals surface area contributed by atoms with E-state index in [9.17, 15) is 0 Å². The summed E-state index contributed by atoms with van der Waals surface area (Å²) in [5.74, 6) is 1.61. The number of halogens is 1. The zero-order valence-electron chi connectivity index (χ0n) is 14.9. The first-order valence-electron chi connectivity index (χ1n) is 9.23. The maximum Gasteiger partial charge on any atom is 0.150 e. The summed E-state index contributed by atoms with van der Waals surface area (Å²) in [6, 6.07) is 31.8. The Morgan fingerprint density at radius 3 is 1.89 bits per heavy atom. The molecule has 0 atom stereocenters. The number of ether oxygens (including phenoxy) is 1. The molecule has 0 unspecified atom stereocenters. The van der Waals surface area contributed by atoms with Crippen molar-refractivity contribution in [3.05, 3.63) is 118 Å². The van der Waals surface area contributed by atoms with Crippen molar-refractivity contribution >= 4 is 23.4 Å². The highest BCUT2D eigenvalue weighted by Crippen LogP contribution is 2.62. The van der Waals surface area contributed by atoms with E-state index in [1.165, 1.54) is 20.9 Å². The van der Waals surface area contributed by atoms with Crippen LogP contribution in [-0.4, -0.2) is 0 Å². The fourth-order valence-electron chi connectivity index (χ4n) is 4.60. The van der Waals surface area contributed by atoms with E-state index in [4.69, 9.17) is 16.3 Å². The Kier molecular flexibility index (Phi) is 3.44. The molecule has 134 valence electrons. The van der Waals surface area contributed by atoms with E-state index in [0.717, 1.165) is 22.6 Å². The summed E-state index contributed by atoms with van der Waals surface area (Å²) in [5.41, 5.74) is 4.35. The van der Waals surface area contributed by atoms with Gasteiger partial charge in [-0.15, -0.1) is 0 Å². The van der Waals surface area contributed by atoms with Gasteiger partial charge in [0, 0.05) is 20.9 Å². The zero-order valence-corrected chi connectivity index (χ0v) is 16.4. The second-order valence-electron chi connectivity index (χ2n) is 7.06. The van der Waals surface area contributed by atoms with Crippen LogP contribution in [0, 0.1) is 0 Å². The normalized spacial score (nSPS) is 15.0. The Morgan fingerprint density at radius 2 is 1.18 bits per heavy atom. The van der Waals surface area contributed by atoms with Gasteiger partial charge in [-0.1, -0.05) is 90.1 Å². The molecule has 0 aliphatic carbocycles. The van der Waals surface area contributed by atoms with Crippen molar-refractivity contribution in [2.75, 3.05) is 0 Å². The number of fused-ring (bicyclic) bond motifs is 8. The van der Waals surface area contributed by atoms with Crippen molar-refractivity contribution in [2.45, 2.75) is 15.2 Å². The number of hydrogen-bond donors (Lipinski definition) is 0. The van der Waals surface area contributed by atoms with Gasteiger partial charge in [-0.3, -0.25) is 0 Å². The standard InChI is InChI=1S/C25H15ClOS/c26-20-12-7-11-19-24(20)27-21-13-4-1-8-16(21)25(19)17-9-2-5-14-22(17)28-23-15-6-3-10-18(23)25/h1-15H. The average Bonchev–Trinajstić information content (AvgIpc) is 2.74. The third-order valence-electron chi connectivity index (χ3n) is 5.68. The van der Waals surface area contributed by atoms with E-state index in [1.807, 2.05) is 36.0 Å². The molecule has 0 bridgehead atoms. The highest BCUT2D eigenvalue weighted by molar-refractivity contribution is 7.99. The van der Waals surface area contributed by atoms with Gasteiger partial charge in [0.2, 0.25) is 0 Å². The molecule has 2 aliphatic heterocycles. The van der Waals surface area contributed by atoms with Gasteiger partial charge < -0.3 is 4.74 Å². The van der Waals surface area contributed by atoms with Crippen LogP contribution in [0.3, 0.4) is 0 Å². The molecule has 0 amide bonds. The van der Waals surface area contributed by atoms with Gasteiger partial charge >= 0.3 is 0 Å². The van der Waals surface area contributed by atoms with E-state index >= 15 is 0 Å². The van der Waals surface area contributed by atoms with Gasteiger partial charge in [0.15, 0.2) is 5.75 Å². The molecule has 4 aromatic carbocycles. The first kappa shape index (κ1) is 16.3. The van der Waals surface area contributed by atoms with Gasteiger partial charge in [0.05, 0.1) is 10.4 Å². The van der Waals surface area contributed by atoms with Gasteiger partial charge in [-0.2, -0.15) is 0 Å². The average molecular weight is 399 g/mol. The minimum absolute atomic E-state index is 0.451.